The molecule has 1 aromatic carbocycles. The molecule has 0 bridgehead atoms. The van der Waals surface area contributed by atoms with Crippen LogP contribution in [-0.2, 0) is 15.1 Å². The van der Waals surface area contributed by atoms with E-state index in [0.717, 1.165) is 35.7 Å². The van der Waals surface area contributed by atoms with Crippen LogP contribution in [0.1, 0.15) is 38.7 Å². The summed E-state index contributed by atoms with van der Waals surface area (Å²) in [5.74, 6) is -0.0226. The highest BCUT2D eigenvalue weighted by molar-refractivity contribution is 5.85. The molecule has 2 heterocycles. The Morgan fingerprint density at radius 1 is 1.27 bits per heavy atom. The molecular weight excluding hydrogens is 276 g/mol. The third-order valence-corrected chi connectivity index (χ3v) is 4.23. The molecule has 1 amide bonds. The van der Waals surface area contributed by atoms with Crippen molar-refractivity contribution in [2.75, 3.05) is 6.61 Å². The zero-order valence-electron chi connectivity index (χ0n) is 13.1. The van der Waals surface area contributed by atoms with E-state index in [1.54, 1.807) is 6.20 Å². The summed E-state index contributed by atoms with van der Waals surface area (Å²) in [5.41, 5.74) is 1.54. The first-order valence-electron chi connectivity index (χ1n) is 7.86. The lowest BCUT2D eigenvalue weighted by Crippen LogP contribution is -2.47. The first-order chi connectivity index (χ1) is 10.6. The van der Waals surface area contributed by atoms with E-state index in [1.165, 1.54) is 0 Å². The van der Waals surface area contributed by atoms with Crippen molar-refractivity contribution in [3.63, 3.8) is 0 Å². The molecule has 1 aromatic heterocycles. The smallest absolute Gasteiger partial charge is 0.249 e. The predicted molar refractivity (Wildman–Crippen MR) is 86.5 cm³/mol. The number of rotatable bonds is 3. The fraction of sp³-hybridized carbons (Fsp3) is 0.444. The van der Waals surface area contributed by atoms with Crippen molar-refractivity contribution in [3.05, 3.63) is 42.1 Å². The molecule has 1 saturated heterocycles. The van der Waals surface area contributed by atoms with Gasteiger partial charge in [0.2, 0.25) is 5.91 Å². The number of nitrogens with one attached hydrogen (secondary N) is 1. The highest BCUT2D eigenvalue weighted by atomic mass is 16.5. The highest BCUT2D eigenvalue weighted by Gasteiger charge is 2.30. The van der Waals surface area contributed by atoms with E-state index in [-0.39, 0.29) is 12.0 Å². The van der Waals surface area contributed by atoms with Crippen molar-refractivity contribution in [2.45, 2.75) is 44.8 Å². The molecule has 0 spiro atoms. The van der Waals surface area contributed by atoms with Gasteiger partial charge in [0.15, 0.2) is 0 Å². The number of carbonyl (C=O) groups is 1. The molecule has 4 heteroatoms. The molecule has 1 N–H and O–H groups in total. The predicted octanol–water partition coefficient (Wildman–Crippen LogP) is 3.16. The van der Waals surface area contributed by atoms with Crippen LogP contribution in [0.2, 0.25) is 0 Å². The molecule has 0 aliphatic carbocycles. The average Bonchev–Trinajstić information content (AvgIpc) is 2.54. The number of hydrogen-bond donors (Lipinski definition) is 1. The number of carbonyl (C=O) groups excluding carboxylic acids is 1. The Balaban J connectivity index is 1.86. The van der Waals surface area contributed by atoms with E-state index >= 15 is 0 Å². The molecule has 0 saturated carbocycles. The van der Waals surface area contributed by atoms with Crippen LogP contribution in [0, 0.1) is 0 Å². The Morgan fingerprint density at radius 2 is 2.09 bits per heavy atom. The number of fused-ring (bicyclic) bond motifs is 1. The van der Waals surface area contributed by atoms with E-state index in [4.69, 9.17) is 4.74 Å². The standard InChI is InChI=1S/C18H22N2O2/c1-18(2,20-17(21)16-9-5-6-12-22-16)14-10-11-19-15-8-4-3-7-13(14)15/h3-4,7-8,10-11,16H,5-6,9,12H2,1-2H3,(H,20,21)/t16-/m0/s1. The van der Waals surface area contributed by atoms with Crippen LogP contribution in [0.4, 0.5) is 0 Å². The summed E-state index contributed by atoms with van der Waals surface area (Å²) in [6, 6.07) is 9.98. The van der Waals surface area contributed by atoms with Gasteiger partial charge in [0.05, 0.1) is 11.1 Å². The molecular formula is C18H22N2O2. The van der Waals surface area contributed by atoms with Gasteiger partial charge in [-0.05, 0) is 50.8 Å². The average molecular weight is 298 g/mol. The molecule has 116 valence electrons. The minimum atomic E-state index is -0.472. The highest BCUT2D eigenvalue weighted by Crippen LogP contribution is 2.27. The van der Waals surface area contributed by atoms with E-state index in [1.807, 2.05) is 44.2 Å². The Hall–Kier alpha value is -1.94. The van der Waals surface area contributed by atoms with E-state index in [2.05, 4.69) is 10.3 Å². The van der Waals surface area contributed by atoms with Gasteiger partial charge in [-0.2, -0.15) is 0 Å². The minimum Gasteiger partial charge on any atom is -0.368 e. The largest absolute Gasteiger partial charge is 0.368 e. The lowest BCUT2D eigenvalue weighted by atomic mass is 9.90. The number of pyridine rings is 1. The van der Waals surface area contributed by atoms with E-state index in [9.17, 15) is 4.79 Å². The number of nitrogens with zero attached hydrogens (tertiary/aromatic N) is 1. The number of amides is 1. The topological polar surface area (TPSA) is 51.2 Å². The Labute approximate surface area is 130 Å². The Kier molecular flexibility index (Phi) is 4.12. The van der Waals surface area contributed by atoms with Crippen molar-refractivity contribution in [1.29, 1.82) is 0 Å². The van der Waals surface area contributed by atoms with Crippen LogP contribution in [0.25, 0.3) is 10.9 Å². The van der Waals surface area contributed by atoms with Gasteiger partial charge in [0.1, 0.15) is 6.10 Å². The van der Waals surface area contributed by atoms with Gasteiger partial charge in [0, 0.05) is 18.2 Å². The molecule has 0 radical (unpaired) electrons. The molecule has 1 aliphatic heterocycles. The number of para-hydroxylation sites is 1. The van der Waals surface area contributed by atoms with Crippen molar-refractivity contribution in [3.8, 4) is 0 Å². The summed E-state index contributed by atoms with van der Waals surface area (Å²) in [7, 11) is 0. The molecule has 4 nitrogen and oxygen atoms in total. The summed E-state index contributed by atoms with van der Waals surface area (Å²) in [4.78, 5) is 16.9. The fourth-order valence-electron chi connectivity index (χ4n) is 3.04. The summed E-state index contributed by atoms with van der Waals surface area (Å²) in [6.07, 6.45) is 4.38. The molecule has 2 aromatic rings. The summed E-state index contributed by atoms with van der Waals surface area (Å²) in [6.45, 7) is 4.72. The zero-order valence-corrected chi connectivity index (χ0v) is 13.1. The maximum atomic E-state index is 12.5. The van der Waals surface area contributed by atoms with Gasteiger partial charge in [-0.15, -0.1) is 0 Å². The van der Waals surface area contributed by atoms with Crippen molar-refractivity contribution in [2.24, 2.45) is 0 Å². The minimum absolute atomic E-state index is 0.0226. The number of aromatic nitrogens is 1. The van der Waals surface area contributed by atoms with Crippen molar-refractivity contribution < 1.29 is 9.53 Å². The SMILES string of the molecule is CC(C)(NC(=O)[C@@H]1CCCCO1)c1ccnc2ccccc12. The van der Waals surface area contributed by atoms with Crippen LogP contribution < -0.4 is 5.32 Å². The summed E-state index contributed by atoms with van der Waals surface area (Å²) < 4.78 is 5.58. The second-order valence-electron chi connectivity index (χ2n) is 6.35. The van der Waals surface area contributed by atoms with Gasteiger partial charge in [-0.25, -0.2) is 0 Å². The van der Waals surface area contributed by atoms with Gasteiger partial charge < -0.3 is 10.1 Å². The molecule has 22 heavy (non-hydrogen) atoms. The molecule has 1 fully saturated rings. The van der Waals surface area contributed by atoms with Gasteiger partial charge in [0.25, 0.3) is 0 Å². The van der Waals surface area contributed by atoms with E-state index in [0.29, 0.717) is 6.61 Å². The summed E-state index contributed by atoms with van der Waals surface area (Å²) in [5, 5.41) is 4.21. The third-order valence-electron chi connectivity index (χ3n) is 4.23. The molecule has 3 rings (SSSR count). The molecule has 1 aliphatic rings. The van der Waals surface area contributed by atoms with Crippen LogP contribution in [0.3, 0.4) is 0 Å². The number of hydrogen-bond acceptors (Lipinski definition) is 3. The third kappa shape index (κ3) is 2.97. The van der Waals surface area contributed by atoms with Crippen molar-refractivity contribution >= 4 is 16.8 Å². The van der Waals surface area contributed by atoms with Gasteiger partial charge in [-0.1, -0.05) is 18.2 Å². The Morgan fingerprint density at radius 3 is 2.86 bits per heavy atom. The quantitative estimate of drug-likeness (QED) is 0.947. The monoisotopic (exact) mass is 298 g/mol. The van der Waals surface area contributed by atoms with Crippen LogP contribution in [0.15, 0.2) is 36.5 Å². The first kappa shape index (κ1) is 15.0. The second kappa shape index (κ2) is 6.05. The van der Waals surface area contributed by atoms with Crippen LogP contribution in [0.5, 0.6) is 0 Å². The van der Waals surface area contributed by atoms with Gasteiger partial charge >= 0.3 is 0 Å². The fourth-order valence-corrected chi connectivity index (χ4v) is 3.04. The first-order valence-corrected chi connectivity index (χ1v) is 7.86. The molecule has 1 atom stereocenters. The maximum Gasteiger partial charge on any atom is 0.249 e. The van der Waals surface area contributed by atoms with Crippen LogP contribution >= 0.6 is 0 Å². The second-order valence-corrected chi connectivity index (χ2v) is 6.35. The zero-order chi connectivity index (χ0) is 15.6. The molecule has 0 unspecified atom stereocenters. The number of ether oxygens (including phenoxy) is 1. The normalized spacial score (nSPS) is 19.1. The van der Waals surface area contributed by atoms with Crippen LogP contribution in [-0.4, -0.2) is 23.6 Å². The summed E-state index contributed by atoms with van der Waals surface area (Å²) >= 11 is 0. The van der Waals surface area contributed by atoms with E-state index < -0.39 is 5.54 Å². The van der Waals surface area contributed by atoms with Crippen molar-refractivity contribution in [1.82, 2.24) is 10.3 Å². The lowest BCUT2D eigenvalue weighted by molar-refractivity contribution is -0.137. The number of benzene rings is 1. The Bertz CT molecular complexity index is 670. The maximum absolute atomic E-state index is 12.5. The lowest BCUT2D eigenvalue weighted by Gasteiger charge is -2.31. The van der Waals surface area contributed by atoms with Gasteiger partial charge in [-0.3, -0.25) is 9.78 Å².